The lowest BCUT2D eigenvalue weighted by Crippen LogP contribution is -2.40. The third kappa shape index (κ3) is 4.22. The molecule has 146 valence electrons. The van der Waals surface area contributed by atoms with E-state index in [-0.39, 0.29) is 30.2 Å². The SMILES string of the molecule is Cc1ccc(S(=O)(=O)N2CCOCC2)cc1C(=O)OCc1ccccc1C#N. The van der Waals surface area contributed by atoms with E-state index in [1.165, 1.54) is 16.4 Å². The topological polar surface area (TPSA) is 96.7 Å². The average molecular weight is 400 g/mol. The van der Waals surface area contributed by atoms with E-state index in [1.807, 2.05) is 6.07 Å². The standard InChI is InChI=1S/C20H20N2O5S/c1-15-6-7-18(28(24,25)22-8-10-26-11-9-22)12-19(15)20(23)27-14-17-5-3-2-4-16(17)13-21/h2-7,12H,8-11,14H2,1H3. The van der Waals surface area contributed by atoms with Crippen LogP contribution in [0.4, 0.5) is 0 Å². The van der Waals surface area contributed by atoms with Gasteiger partial charge in [0.2, 0.25) is 10.0 Å². The highest BCUT2D eigenvalue weighted by atomic mass is 32.2. The van der Waals surface area contributed by atoms with Gasteiger partial charge in [0.25, 0.3) is 0 Å². The van der Waals surface area contributed by atoms with Gasteiger partial charge >= 0.3 is 5.97 Å². The third-order valence-electron chi connectivity index (χ3n) is 4.53. The van der Waals surface area contributed by atoms with Crippen molar-refractivity contribution in [2.24, 2.45) is 0 Å². The number of carbonyl (C=O) groups is 1. The molecule has 0 bridgehead atoms. The van der Waals surface area contributed by atoms with Crippen molar-refractivity contribution in [3.8, 4) is 6.07 Å². The van der Waals surface area contributed by atoms with Gasteiger partial charge in [-0.05, 0) is 30.7 Å². The number of carbonyl (C=O) groups excluding carboxylic acids is 1. The average Bonchev–Trinajstić information content (AvgIpc) is 2.73. The highest BCUT2D eigenvalue weighted by molar-refractivity contribution is 7.89. The van der Waals surface area contributed by atoms with E-state index in [2.05, 4.69) is 0 Å². The van der Waals surface area contributed by atoms with E-state index >= 15 is 0 Å². The Kier molecular flexibility index (Phi) is 6.09. The number of nitrogens with zero attached hydrogens (tertiary/aromatic N) is 2. The summed E-state index contributed by atoms with van der Waals surface area (Å²) in [5.74, 6) is -0.635. The van der Waals surface area contributed by atoms with Crippen molar-refractivity contribution in [1.82, 2.24) is 4.31 Å². The molecular weight excluding hydrogens is 380 g/mol. The van der Waals surface area contributed by atoms with E-state index in [0.717, 1.165) is 0 Å². The summed E-state index contributed by atoms with van der Waals surface area (Å²) in [5, 5.41) is 9.12. The molecule has 0 spiro atoms. The Morgan fingerprint density at radius 2 is 1.93 bits per heavy atom. The first-order valence-electron chi connectivity index (χ1n) is 8.77. The van der Waals surface area contributed by atoms with Crippen LogP contribution >= 0.6 is 0 Å². The number of hydrogen-bond acceptors (Lipinski definition) is 6. The number of rotatable bonds is 5. The molecule has 7 nitrogen and oxygen atoms in total. The van der Waals surface area contributed by atoms with Crippen LogP contribution in [0, 0.1) is 18.3 Å². The largest absolute Gasteiger partial charge is 0.457 e. The Morgan fingerprint density at radius 1 is 1.21 bits per heavy atom. The van der Waals surface area contributed by atoms with E-state index in [1.54, 1.807) is 37.3 Å². The molecule has 1 aliphatic rings. The zero-order valence-corrected chi connectivity index (χ0v) is 16.2. The zero-order valence-electron chi connectivity index (χ0n) is 15.4. The maximum absolute atomic E-state index is 12.8. The molecule has 1 fully saturated rings. The molecule has 1 saturated heterocycles. The number of sulfonamides is 1. The first kappa shape index (κ1) is 20.0. The van der Waals surface area contributed by atoms with Crippen LogP contribution in [0.15, 0.2) is 47.4 Å². The van der Waals surface area contributed by atoms with Crippen molar-refractivity contribution in [1.29, 1.82) is 5.26 Å². The highest BCUT2D eigenvalue weighted by Gasteiger charge is 2.27. The minimum absolute atomic E-state index is 0.0457. The van der Waals surface area contributed by atoms with Gasteiger partial charge < -0.3 is 9.47 Å². The van der Waals surface area contributed by atoms with Crippen LogP contribution in [0.1, 0.15) is 27.0 Å². The van der Waals surface area contributed by atoms with Crippen LogP contribution in [-0.2, 0) is 26.1 Å². The van der Waals surface area contributed by atoms with Gasteiger partial charge in [-0.25, -0.2) is 13.2 Å². The van der Waals surface area contributed by atoms with Crippen molar-refractivity contribution in [3.63, 3.8) is 0 Å². The number of aryl methyl sites for hydroxylation is 1. The second kappa shape index (κ2) is 8.52. The summed E-state index contributed by atoms with van der Waals surface area (Å²) in [6.07, 6.45) is 0. The van der Waals surface area contributed by atoms with Crippen LogP contribution in [0.2, 0.25) is 0 Å². The van der Waals surface area contributed by atoms with Gasteiger partial charge in [0, 0.05) is 18.7 Å². The summed E-state index contributed by atoms with van der Waals surface area (Å²) in [4.78, 5) is 12.6. The Morgan fingerprint density at radius 3 is 2.64 bits per heavy atom. The van der Waals surface area contributed by atoms with Gasteiger partial charge in [-0.15, -0.1) is 0 Å². The summed E-state index contributed by atoms with van der Waals surface area (Å²) < 4.78 is 37.5. The molecule has 2 aromatic carbocycles. The summed E-state index contributed by atoms with van der Waals surface area (Å²) in [6, 6.07) is 13.3. The summed E-state index contributed by atoms with van der Waals surface area (Å²) in [5.41, 5.74) is 1.81. The molecule has 0 N–H and O–H groups in total. The molecule has 1 heterocycles. The molecule has 0 unspecified atom stereocenters. The lowest BCUT2D eigenvalue weighted by molar-refractivity contribution is 0.0471. The summed E-state index contributed by atoms with van der Waals surface area (Å²) in [6.45, 7) is 2.89. The molecule has 2 aromatic rings. The maximum Gasteiger partial charge on any atom is 0.338 e. The predicted octanol–water partition coefficient (Wildman–Crippen LogP) is 2.24. The second-order valence-electron chi connectivity index (χ2n) is 6.34. The van der Waals surface area contributed by atoms with Crippen molar-refractivity contribution >= 4 is 16.0 Å². The van der Waals surface area contributed by atoms with Gasteiger partial charge in [-0.3, -0.25) is 0 Å². The number of nitriles is 1. The fourth-order valence-corrected chi connectivity index (χ4v) is 4.33. The predicted molar refractivity (Wildman–Crippen MR) is 101 cm³/mol. The number of benzene rings is 2. The molecule has 0 radical (unpaired) electrons. The molecule has 0 amide bonds. The molecule has 0 atom stereocenters. The summed E-state index contributed by atoms with van der Waals surface area (Å²) in [7, 11) is -3.71. The second-order valence-corrected chi connectivity index (χ2v) is 8.28. The Hall–Kier alpha value is -2.73. The monoisotopic (exact) mass is 400 g/mol. The fraction of sp³-hybridized carbons (Fsp3) is 0.300. The van der Waals surface area contributed by atoms with E-state index in [4.69, 9.17) is 14.7 Å². The van der Waals surface area contributed by atoms with Crippen LogP contribution in [0.3, 0.4) is 0 Å². The Labute approximate surface area is 164 Å². The molecule has 8 heteroatoms. The zero-order chi connectivity index (χ0) is 20.1. The molecule has 3 rings (SSSR count). The normalized spacial score (nSPS) is 15.0. The maximum atomic E-state index is 12.8. The highest BCUT2D eigenvalue weighted by Crippen LogP contribution is 2.21. The van der Waals surface area contributed by atoms with Crippen LogP contribution in [0.5, 0.6) is 0 Å². The van der Waals surface area contributed by atoms with Crippen molar-refractivity contribution in [2.75, 3.05) is 26.3 Å². The minimum Gasteiger partial charge on any atom is -0.457 e. The Bertz CT molecular complexity index is 1020. The first-order chi connectivity index (χ1) is 13.4. The van der Waals surface area contributed by atoms with Crippen molar-refractivity contribution in [2.45, 2.75) is 18.4 Å². The van der Waals surface area contributed by atoms with E-state index in [0.29, 0.717) is 29.9 Å². The number of ether oxygens (including phenoxy) is 2. The lowest BCUT2D eigenvalue weighted by atomic mass is 10.1. The third-order valence-corrected chi connectivity index (χ3v) is 6.43. The molecule has 0 aliphatic carbocycles. The summed E-state index contributed by atoms with van der Waals surface area (Å²) >= 11 is 0. The van der Waals surface area contributed by atoms with Crippen molar-refractivity contribution in [3.05, 3.63) is 64.7 Å². The van der Waals surface area contributed by atoms with Gasteiger partial charge in [0.05, 0.1) is 35.3 Å². The molecule has 28 heavy (non-hydrogen) atoms. The number of hydrogen-bond donors (Lipinski definition) is 0. The smallest absolute Gasteiger partial charge is 0.338 e. The molecule has 0 saturated carbocycles. The number of esters is 1. The quantitative estimate of drug-likeness (QED) is 0.714. The van der Waals surface area contributed by atoms with E-state index < -0.39 is 16.0 Å². The fourth-order valence-electron chi connectivity index (χ4n) is 2.89. The van der Waals surface area contributed by atoms with Crippen LogP contribution in [-0.4, -0.2) is 45.0 Å². The molecular formula is C20H20N2O5S. The number of morpholine rings is 1. The first-order valence-corrected chi connectivity index (χ1v) is 10.2. The lowest BCUT2D eigenvalue weighted by Gasteiger charge is -2.26. The Balaban J connectivity index is 1.81. The molecule has 1 aliphatic heterocycles. The van der Waals surface area contributed by atoms with Crippen LogP contribution in [0.25, 0.3) is 0 Å². The van der Waals surface area contributed by atoms with E-state index in [9.17, 15) is 13.2 Å². The van der Waals surface area contributed by atoms with Crippen LogP contribution < -0.4 is 0 Å². The van der Waals surface area contributed by atoms with Gasteiger partial charge in [-0.1, -0.05) is 24.3 Å². The van der Waals surface area contributed by atoms with Gasteiger partial charge in [0.1, 0.15) is 6.61 Å². The van der Waals surface area contributed by atoms with Crippen molar-refractivity contribution < 1.29 is 22.7 Å². The van der Waals surface area contributed by atoms with Gasteiger partial charge in [-0.2, -0.15) is 9.57 Å². The van der Waals surface area contributed by atoms with Gasteiger partial charge in [0.15, 0.2) is 0 Å². The minimum atomic E-state index is -3.71. The molecule has 0 aromatic heterocycles.